The number of guanidine groups is 1. The topological polar surface area (TPSA) is 61.8 Å². The molecule has 3 fully saturated rings. The van der Waals surface area contributed by atoms with E-state index in [0.29, 0.717) is 24.5 Å². The van der Waals surface area contributed by atoms with Crippen LogP contribution < -0.4 is 5.73 Å². The summed E-state index contributed by atoms with van der Waals surface area (Å²) in [4.78, 5) is 6.51. The minimum atomic E-state index is -0.440. The first-order valence-corrected chi connectivity index (χ1v) is 7.33. The van der Waals surface area contributed by atoms with Gasteiger partial charge in [-0.2, -0.15) is 0 Å². The van der Waals surface area contributed by atoms with E-state index >= 15 is 0 Å². The molecule has 3 atom stereocenters. The smallest absolute Gasteiger partial charge is 0.191 e. The van der Waals surface area contributed by atoms with Gasteiger partial charge in [0.25, 0.3) is 0 Å². The molecule has 3 rings (SSSR count). The molecule has 0 spiro atoms. The molecule has 0 heterocycles. The van der Waals surface area contributed by atoms with Gasteiger partial charge in [0.2, 0.25) is 0 Å². The number of rotatable bonds is 4. The van der Waals surface area contributed by atoms with Crippen LogP contribution in [0.5, 0.6) is 0 Å². The van der Waals surface area contributed by atoms with Crippen molar-refractivity contribution in [2.45, 2.75) is 56.6 Å². The fraction of sp³-hybridized carbons (Fsp3) is 0.929. The van der Waals surface area contributed by atoms with Gasteiger partial charge in [0.05, 0.1) is 5.60 Å². The van der Waals surface area contributed by atoms with Gasteiger partial charge in [0.1, 0.15) is 0 Å². The summed E-state index contributed by atoms with van der Waals surface area (Å²) in [6.07, 6.45) is 8.02. The summed E-state index contributed by atoms with van der Waals surface area (Å²) >= 11 is 0. The van der Waals surface area contributed by atoms with Crippen molar-refractivity contribution >= 4 is 29.9 Å². The summed E-state index contributed by atoms with van der Waals surface area (Å²) in [6, 6.07) is 0.610. The standard InChI is InChI=1S/C14H25N3O.HI/c1-17(12-4-5-12)13(15)16-7-6-14(18)9-10-2-3-11(14)8-10;/h10-12,18H,2-9H2,1H3,(H2,15,16);1H. The van der Waals surface area contributed by atoms with Crippen LogP contribution in [0.3, 0.4) is 0 Å². The zero-order valence-electron chi connectivity index (χ0n) is 11.7. The second-order valence-corrected chi connectivity index (χ2v) is 6.52. The van der Waals surface area contributed by atoms with Crippen molar-refractivity contribution in [2.75, 3.05) is 13.6 Å². The van der Waals surface area contributed by atoms with Gasteiger partial charge < -0.3 is 15.7 Å². The fourth-order valence-electron chi connectivity index (χ4n) is 3.85. The number of hydrogen-bond acceptors (Lipinski definition) is 2. The Bertz CT molecular complexity index is 359. The van der Waals surface area contributed by atoms with E-state index in [1.165, 1.54) is 32.1 Å². The van der Waals surface area contributed by atoms with Gasteiger partial charge >= 0.3 is 0 Å². The first-order valence-electron chi connectivity index (χ1n) is 7.33. The Kier molecular flexibility index (Phi) is 4.65. The lowest BCUT2D eigenvalue weighted by Gasteiger charge is -2.32. The highest BCUT2D eigenvalue weighted by Crippen LogP contribution is 2.52. The fourth-order valence-corrected chi connectivity index (χ4v) is 3.85. The molecule has 0 aromatic rings. The molecule has 19 heavy (non-hydrogen) atoms. The third-order valence-electron chi connectivity index (χ3n) is 5.22. The van der Waals surface area contributed by atoms with Crippen LogP contribution in [0.2, 0.25) is 0 Å². The molecule has 0 aliphatic heterocycles. The maximum absolute atomic E-state index is 10.6. The highest BCUT2D eigenvalue weighted by Gasteiger charge is 2.49. The molecular formula is C14H26IN3O. The van der Waals surface area contributed by atoms with Crippen molar-refractivity contribution < 1.29 is 5.11 Å². The molecule has 0 amide bonds. The van der Waals surface area contributed by atoms with Crippen molar-refractivity contribution in [2.24, 2.45) is 22.6 Å². The SMILES string of the molecule is CN(C(N)=NCCC1(O)CC2CCC1C2)C1CC1.I. The minimum Gasteiger partial charge on any atom is -0.390 e. The zero-order valence-corrected chi connectivity index (χ0v) is 14.0. The second-order valence-electron chi connectivity index (χ2n) is 6.52. The van der Waals surface area contributed by atoms with Crippen LogP contribution in [0, 0.1) is 11.8 Å². The molecule has 3 aliphatic rings. The lowest BCUT2D eigenvalue weighted by Crippen LogP contribution is -2.38. The molecule has 0 aromatic carbocycles. The van der Waals surface area contributed by atoms with Crippen LogP contribution in [0.1, 0.15) is 44.9 Å². The van der Waals surface area contributed by atoms with Gasteiger partial charge in [-0.3, -0.25) is 4.99 Å². The van der Waals surface area contributed by atoms with E-state index in [1.807, 2.05) is 7.05 Å². The number of aliphatic hydroxyl groups is 1. The average molecular weight is 379 g/mol. The lowest BCUT2D eigenvalue weighted by atomic mass is 9.82. The monoisotopic (exact) mass is 379 g/mol. The van der Waals surface area contributed by atoms with E-state index < -0.39 is 5.60 Å². The van der Waals surface area contributed by atoms with Crippen molar-refractivity contribution in [1.82, 2.24) is 4.90 Å². The highest BCUT2D eigenvalue weighted by atomic mass is 127. The molecule has 0 saturated heterocycles. The van der Waals surface area contributed by atoms with Gasteiger partial charge in [0.15, 0.2) is 5.96 Å². The summed E-state index contributed by atoms with van der Waals surface area (Å²) in [5, 5.41) is 10.6. The Hall–Kier alpha value is -0.0400. The molecule has 0 radical (unpaired) electrons. The van der Waals surface area contributed by atoms with E-state index in [1.54, 1.807) is 0 Å². The number of nitrogens with two attached hydrogens (primary N) is 1. The summed E-state index contributed by atoms with van der Waals surface area (Å²) in [5.41, 5.74) is 5.52. The van der Waals surface area contributed by atoms with Crippen LogP contribution in [-0.4, -0.2) is 41.2 Å². The summed E-state index contributed by atoms with van der Waals surface area (Å²) in [5.74, 6) is 1.94. The lowest BCUT2D eigenvalue weighted by molar-refractivity contribution is -0.0181. The first kappa shape index (κ1) is 15.4. The number of halogens is 1. The predicted octanol–water partition coefficient (Wildman–Crippen LogP) is 1.95. The average Bonchev–Trinajstić information content (AvgIpc) is 3.01. The van der Waals surface area contributed by atoms with Gasteiger partial charge in [0, 0.05) is 19.6 Å². The number of nitrogens with zero attached hydrogens (tertiary/aromatic N) is 2. The van der Waals surface area contributed by atoms with Crippen molar-refractivity contribution in [3.05, 3.63) is 0 Å². The van der Waals surface area contributed by atoms with Crippen LogP contribution in [-0.2, 0) is 0 Å². The summed E-state index contributed by atoms with van der Waals surface area (Å²) in [7, 11) is 2.02. The quantitative estimate of drug-likeness (QED) is 0.446. The maximum Gasteiger partial charge on any atom is 0.191 e. The van der Waals surface area contributed by atoms with Crippen LogP contribution in [0.4, 0.5) is 0 Å². The molecule has 110 valence electrons. The molecule has 3 saturated carbocycles. The summed E-state index contributed by atoms with van der Waals surface area (Å²) < 4.78 is 0. The molecule has 3 unspecified atom stereocenters. The highest BCUT2D eigenvalue weighted by molar-refractivity contribution is 14.0. The van der Waals surface area contributed by atoms with E-state index in [0.717, 1.165) is 18.8 Å². The molecule has 3 N–H and O–H groups in total. The minimum absolute atomic E-state index is 0. The maximum atomic E-state index is 10.6. The van der Waals surface area contributed by atoms with Gasteiger partial charge in [-0.15, -0.1) is 24.0 Å². The number of fused-ring (bicyclic) bond motifs is 2. The molecule has 5 heteroatoms. The van der Waals surface area contributed by atoms with Crippen LogP contribution in [0.25, 0.3) is 0 Å². The van der Waals surface area contributed by atoms with Crippen LogP contribution >= 0.6 is 24.0 Å². The normalized spacial score (nSPS) is 37.3. The molecule has 4 nitrogen and oxygen atoms in total. The predicted molar refractivity (Wildman–Crippen MR) is 87.7 cm³/mol. The Balaban J connectivity index is 0.00000133. The van der Waals surface area contributed by atoms with Gasteiger partial charge in [-0.25, -0.2) is 0 Å². The third-order valence-corrected chi connectivity index (χ3v) is 5.22. The van der Waals surface area contributed by atoms with E-state index in [4.69, 9.17) is 5.73 Å². The first-order chi connectivity index (χ1) is 8.58. The second kappa shape index (κ2) is 5.76. The number of aliphatic imine (C=N–C) groups is 1. The van der Waals surface area contributed by atoms with E-state index in [9.17, 15) is 5.11 Å². The Morgan fingerprint density at radius 2 is 2.11 bits per heavy atom. The van der Waals surface area contributed by atoms with Crippen molar-refractivity contribution in [1.29, 1.82) is 0 Å². The molecule has 0 aromatic heterocycles. The Morgan fingerprint density at radius 3 is 2.63 bits per heavy atom. The van der Waals surface area contributed by atoms with E-state index in [-0.39, 0.29) is 24.0 Å². The largest absolute Gasteiger partial charge is 0.390 e. The molecule has 3 aliphatic carbocycles. The molecule has 2 bridgehead atoms. The zero-order chi connectivity index (χ0) is 12.8. The van der Waals surface area contributed by atoms with Crippen LogP contribution in [0.15, 0.2) is 4.99 Å². The molecular weight excluding hydrogens is 353 g/mol. The third kappa shape index (κ3) is 3.17. The van der Waals surface area contributed by atoms with Gasteiger partial charge in [-0.05, 0) is 56.8 Å². The Labute approximate surface area is 132 Å². The van der Waals surface area contributed by atoms with Gasteiger partial charge in [-0.1, -0.05) is 0 Å². The Morgan fingerprint density at radius 1 is 1.37 bits per heavy atom. The van der Waals surface area contributed by atoms with Crippen molar-refractivity contribution in [3.8, 4) is 0 Å². The van der Waals surface area contributed by atoms with E-state index in [2.05, 4.69) is 9.89 Å². The number of hydrogen-bond donors (Lipinski definition) is 2. The van der Waals surface area contributed by atoms with Crippen molar-refractivity contribution in [3.63, 3.8) is 0 Å². The summed E-state index contributed by atoms with van der Waals surface area (Å²) in [6.45, 7) is 0.669.